The summed E-state index contributed by atoms with van der Waals surface area (Å²) >= 11 is 1.29. The zero-order chi connectivity index (χ0) is 23.4. The molecule has 7 nitrogen and oxygen atoms in total. The number of thiazole rings is 1. The van der Waals surface area contributed by atoms with Crippen LogP contribution in [0.5, 0.6) is 0 Å². The first-order valence-corrected chi connectivity index (χ1v) is 12.0. The van der Waals surface area contributed by atoms with Gasteiger partial charge in [0.15, 0.2) is 5.76 Å². The molecule has 2 aliphatic rings. The molecule has 1 aromatic heterocycles. The second-order valence-corrected chi connectivity index (χ2v) is 9.46. The fraction of sp³-hybridized carbons (Fsp3) is 0.400. The van der Waals surface area contributed by atoms with Crippen molar-refractivity contribution in [2.45, 2.75) is 26.3 Å². The van der Waals surface area contributed by atoms with Gasteiger partial charge in [0.25, 0.3) is 5.91 Å². The van der Waals surface area contributed by atoms with Crippen LogP contribution in [0.2, 0.25) is 0 Å². The van der Waals surface area contributed by atoms with Gasteiger partial charge in [-0.3, -0.25) is 14.5 Å². The van der Waals surface area contributed by atoms with Crippen LogP contribution in [-0.2, 0) is 9.53 Å². The summed E-state index contributed by atoms with van der Waals surface area (Å²) in [4.78, 5) is 35.2. The molecule has 1 saturated heterocycles. The largest absolute Gasteiger partial charge is 0.503 e. The summed E-state index contributed by atoms with van der Waals surface area (Å²) in [6.45, 7) is 8.10. The predicted octanol–water partition coefficient (Wildman–Crippen LogP) is 3.40. The quantitative estimate of drug-likeness (QED) is 0.599. The molecule has 33 heavy (non-hydrogen) atoms. The van der Waals surface area contributed by atoms with Gasteiger partial charge in [-0.2, -0.15) is 0 Å². The first-order valence-electron chi connectivity index (χ1n) is 11.2. The summed E-state index contributed by atoms with van der Waals surface area (Å²) in [5.74, 6) is -1.29. The number of hydrogen-bond donors (Lipinski definition) is 1. The Morgan fingerprint density at radius 1 is 1.21 bits per heavy atom. The SMILES string of the molecule is Cc1nc(C)c(C(=O)C2=C(O)C(=O)N(CCCN3CCOCC3)C2/C=C/c2ccccc2)s1. The third-order valence-electron chi connectivity index (χ3n) is 5.95. The van der Waals surface area contributed by atoms with E-state index >= 15 is 0 Å². The lowest BCUT2D eigenvalue weighted by molar-refractivity contribution is -0.128. The van der Waals surface area contributed by atoms with Gasteiger partial charge in [0.05, 0.1) is 40.4 Å². The highest BCUT2D eigenvalue weighted by Gasteiger charge is 2.42. The lowest BCUT2D eigenvalue weighted by Gasteiger charge is -2.28. The third-order valence-corrected chi connectivity index (χ3v) is 7.02. The number of rotatable bonds is 8. The van der Waals surface area contributed by atoms with Crippen LogP contribution >= 0.6 is 11.3 Å². The standard InChI is InChI=1S/C25H29N3O4S/c1-17-24(33-18(2)26-17)22(29)21-20(10-9-19-7-4-3-5-8-19)28(25(31)23(21)30)12-6-11-27-13-15-32-16-14-27/h3-5,7-10,20,30H,6,11-16H2,1-2H3/b10-9+. The van der Waals surface area contributed by atoms with Crippen LogP contribution in [0.1, 0.15) is 32.4 Å². The molecule has 0 bridgehead atoms. The Balaban J connectivity index is 1.58. The number of carbonyl (C=O) groups is 2. The van der Waals surface area contributed by atoms with Crippen molar-refractivity contribution < 1.29 is 19.4 Å². The molecule has 0 aliphatic carbocycles. The van der Waals surface area contributed by atoms with Crippen LogP contribution in [0.15, 0.2) is 47.7 Å². The highest BCUT2D eigenvalue weighted by molar-refractivity contribution is 7.14. The summed E-state index contributed by atoms with van der Waals surface area (Å²) in [5, 5.41) is 11.5. The van der Waals surface area contributed by atoms with E-state index in [4.69, 9.17) is 4.74 Å². The molecular weight excluding hydrogens is 438 g/mol. The Bertz CT molecular complexity index is 1070. The molecule has 1 amide bonds. The van der Waals surface area contributed by atoms with Crippen LogP contribution < -0.4 is 0 Å². The Kier molecular flexibility index (Phi) is 7.37. The number of Topliss-reactive ketones (excluding diaryl/α,β-unsaturated/α-hetero) is 1. The molecule has 1 atom stereocenters. The second kappa shape index (κ2) is 10.4. The molecule has 2 aromatic rings. The zero-order valence-corrected chi connectivity index (χ0v) is 19.8. The van der Waals surface area contributed by atoms with E-state index < -0.39 is 17.7 Å². The molecule has 1 N–H and O–H groups in total. The number of amides is 1. The average Bonchev–Trinajstić information content (AvgIpc) is 3.29. The summed E-state index contributed by atoms with van der Waals surface area (Å²) in [6, 6.07) is 9.08. The number of benzene rings is 1. The first kappa shape index (κ1) is 23.4. The van der Waals surface area contributed by atoms with Gasteiger partial charge in [0.1, 0.15) is 0 Å². The molecule has 4 rings (SSSR count). The van der Waals surface area contributed by atoms with Gasteiger partial charge in [-0.05, 0) is 25.8 Å². The molecule has 8 heteroatoms. The van der Waals surface area contributed by atoms with Crippen molar-refractivity contribution in [3.05, 3.63) is 68.9 Å². The monoisotopic (exact) mass is 467 g/mol. The Labute approximate surface area is 198 Å². The maximum atomic E-state index is 13.4. The molecule has 1 fully saturated rings. The van der Waals surface area contributed by atoms with Gasteiger partial charge in [-0.15, -0.1) is 11.3 Å². The van der Waals surface area contributed by atoms with E-state index in [0.29, 0.717) is 17.1 Å². The van der Waals surface area contributed by atoms with E-state index in [-0.39, 0.29) is 11.4 Å². The van der Waals surface area contributed by atoms with Crippen LogP contribution in [0.25, 0.3) is 6.08 Å². The Morgan fingerprint density at radius 3 is 2.61 bits per heavy atom. The van der Waals surface area contributed by atoms with Crippen molar-refractivity contribution in [1.29, 1.82) is 0 Å². The molecule has 1 unspecified atom stereocenters. The van der Waals surface area contributed by atoms with Gasteiger partial charge >= 0.3 is 0 Å². The number of ether oxygens (including phenoxy) is 1. The summed E-state index contributed by atoms with van der Waals surface area (Å²) in [6.07, 6.45) is 4.47. The van der Waals surface area contributed by atoms with E-state index in [9.17, 15) is 14.7 Å². The summed E-state index contributed by atoms with van der Waals surface area (Å²) < 4.78 is 5.40. The number of aliphatic hydroxyl groups excluding tert-OH is 1. The second-order valence-electron chi connectivity index (χ2n) is 8.26. The van der Waals surface area contributed by atoms with E-state index in [0.717, 1.165) is 49.8 Å². The fourth-order valence-corrected chi connectivity index (χ4v) is 5.15. The number of ketones is 1. The number of aliphatic hydroxyl groups is 1. The number of carbonyl (C=O) groups excluding carboxylic acids is 2. The minimum atomic E-state index is -0.628. The predicted molar refractivity (Wildman–Crippen MR) is 128 cm³/mol. The zero-order valence-electron chi connectivity index (χ0n) is 19.0. The van der Waals surface area contributed by atoms with Gasteiger partial charge in [0.2, 0.25) is 5.78 Å². The van der Waals surface area contributed by atoms with Crippen molar-refractivity contribution in [1.82, 2.24) is 14.8 Å². The highest BCUT2D eigenvalue weighted by Crippen LogP contribution is 2.32. The molecule has 2 aliphatic heterocycles. The normalized spacial score (nSPS) is 19.8. The molecule has 174 valence electrons. The minimum Gasteiger partial charge on any atom is -0.503 e. The lowest BCUT2D eigenvalue weighted by atomic mass is 10.00. The molecule has 0 radical (unpaired) electrons. The maximum absolute atomic E-state index is 13.4. The van der Waals surface area contributed by atoms with Crippen LogP contribution in [-0.4, -0.2) is 77.0 Å². The Hall–Kier alpha value is -2.81. The summed E-state index contributed by atoms with van der Waals surface area (Å²) in [5.41, 5.74) is 1.71. The number of hydrogen-bond acceptors (Lipinski definition) is 7. The molecule has 3 heterocycles. The molecule has 0 spiro atoms. The molecule has 0 saturated carbocycles. The van der Waals surface area contributed by atoms with Crippen molar-refractivity contribution in [3.63, 3.8) is 0 Å². The lowest BCUT2D eigenvalue weighted by Crippen LogP contribution is -2.40. The molecule has 1 aromatic carbocycles. The van der Waals surface area contributed by atoms with Crippen LogP contribution in [0.4, 0.5) is 0 Å². The smallest absolute Gasteiger partial charge is 0.289 e. The topological polar surface area (TPSA) is 83.0 Å². The number of morpholine rings is 1. The van der Waals surface area contributed by atoms with Crippen LogP contribution in [0.3, 0.4) is 0 Å². The maximum Gasteiger partial charge on any atom is 0.289 e. The van der Waals surface area contributed by atoms with Gasteiger partial charge in [-0.1, -0.05) is 42.5 Å². The first-order chi connectivity index (χ1) is 16.0. The number of aromatic nitrogens is 1. The van der Waals surface area contributed by atoms with Gasteiger partial charge < -0.3 is 14.7 Å². The van der Waals surface area contributed by atoms with Crippen molar-refractivity contribution in [2.24, 2.45) is 0 Å². The highest BCUT2D eigenvalue weighted by atomic mass is 32.1. The third kappa shape index (κ3) is 5.24. The van der Waals surface area contributed by atoms with Gasteiger partial charge in [-0.25, -0.2) is 4.98 Å². The number of aryl methyl sites for hydroxylation is 2. The van der Waals surface area contributed by atoms with Crippen molar-refractivity contribution in [3.8, 4) is 0 Å². The van der Waals surface area contributed by atoms with Crippen molar-refractivity contribution >= 4 is 29.1 Å². The fourth-order valence-electron chi connectivity index (χ4n) is 4.28. The van der Waals surface area contributed by atoms with Gasteiger partial charge in [0, 0.05) is 26.2 Å². The van der Waals surface area contributed by atoms with Crippen LogP contribution in [0, 0.1) is 13.8 Å². The Morgan fingerprint density at radius 2 is 1.94 bits per heavy atom. The summed E-state index contributed by atoms with van der Waals surface area (Å²) in [7, 11) is 0. The number of nitrogens with zero attached hydrogens (tertiary/aromatic N) is 3. The van der Waals surface area contributed by atoms with E-state index in [2.05, 4.69) is 9.88 Å². The van der Waals surface area contributed by atoms with E-state index in [1.54, 1.807) is 11.8 Å². The minimum absolute atomic E-state index is 0.130. The van der Waals surface area contributed by atoms with Crippen molar-refractivity contribution in [2.75, 3.05) is 39.4 Å². The van der Waals surface area contributed by atoms with E-state index in [1.165, 1.54) is 11.3 Å². The van der Waals surface area contributed by atoms with E-state index in [1.807, 2.05) is 49.4 Å². The molecular formula is C25H29N3O4S. The average molecular weight is 468 g/mol.